The lowest BCUT2D eigenvalue weighted by Gasteiger charge is -2.09. The molecule has 0 heterocycles. The van der Waals surface area contributed by atoms with Crippen LogP contribution in [-0.2, 0) is 0 Å². The molecule has 3 unspecified atom stereocenters. The molecule has 1 aliphatic carbocycles. The van der Waals surface area contributed by atoms with E-state index < -0.39 is 0 Å². The third-order valence-corrected chi connectivity index (χ3v) is 2.56. The van der Waals surface area contributed by atoms with Gasteiger partial charge in [0.25, 0.3) is 0 Å². The summed E-state index contributed by atoms with van der Waals surface area (Å²) in [5, 5.41) is 8.49. The molecule has 0 saturated heterocycles. The van der Waals surface area contributed by atoms with E-state index in [0.29, 0.717) is 0 Å². The molecule has 1 fully saturated rings. The first-order valence-corrected chi connectivity index (χ1v) is 4.37. The maximum atomic E-state index is 8.49. The van der Waals surface area contributed by atoms with Gasteiger partial charge in [-0.1, -0.05) is 19.8 Å². The highest BCUT2D eigenvalue weighted by molar-refractivity contribution is 4.89. The van der Waals surface area contributed by atoms with Crippen LogP contribution < -0.4 is 5.73 Å². The summed E-state index contributed by atoms with van der Waals surface area (Å²) in [6.45, 7) is 2.28. The Morgan fingerprint density at radius 2 is 2.36 bits per heavy atom. The van der Waals surface area contributed by atoms with Crippen LogP contribution in [-0.4, -0.2) is 6.04 Å². The van der Waals surface area contributed by atoms with Crippen molar-refractivity contribution in [3.63, 3.8) is 0 Å². The second-order valence-corrected chi connectivity index (χ2v) is 3.76. The molecular formula is C9H16N2. The first kappa shape index (κ1) is 8.55. The van der Waals surface area contributed by atoms with Gasteiger partial charge in [0.1, 0.15) is 0 Å². The fourth-order valence-corrected chi connectivity index (χ4v) is 1.95. The first-order valence-electron chi connectivity index (χ1n) is 4.37. The van der Waals surface area contributed by atoms with Crippen LogP contribution in [0.25, 0.3) is 0 Å². The van der Waals surface area contributed by atoms with Crippen molar-refractivity contribution in [2.75, 3.05) is 0 Å². The van der Waals surface area contributed by atoms with Crippen LogP contribution in [0.5, 0.6) is 0 Å². The molecule has 0 spiro atoms. The van der Waals surface area contributed by atoms with Gasteiger partial charge in [0.05, 0.1) is 12.1 Å². The molecule has 0 aromatic carbocycles. The van der Waals surface area contributed by atoms with Gasteiger partial charge in [0.2, 0.25) is 0 Å². The zero-order valence-electron chi connectivity index (χ0n) is 7.09. The van der Waals surface area contributed by atoms with Crippen LogP contribution in [0.15, 0.2) is 0 Å². The van der Waals surface area contributed by atoms with Crippen molar-refractivity contribution >= 4 is 0 Å². The van der Waals surface area contributed by atoms with E-state index in [1.54, 1.807) is 0 Å². The Labute approximate surface area is 68.4 Å². The van der Waals surface area contributed by atoms with Crippen LogP contribution >= 0.6 is 0 Å². The summed E-state index contributed by atoms with van der Waals surface area (Å²) in [6, 6.07) is 1.85. The number of nitrogens with two attached hydrogens (primary N) is 1. The Kier molecular flexibility index (Phi) is 2.90. The van der Waals surface area contributed by atoms with Gasteiger partial charge in [0.15, 0.2) is 0 Å². The van der Waals surface area contributed by atoms with Crippen molar-refractivity contribution in [1.82, 2.24) is 0 Å². The van der Waals surface area contributed by atoms with Gasteiger partial charge in [-0.15, -0.1) is 0 Å². The maximum absolute atomic E-state index is 8.49. The first-order chi connectivity index (χ1) is 5.22. The Morgan fingerprint density at radius 3 is 2.82 bits per heavy atom. The van der Waals surface area contributed by atoms with Crippen LogP contribution in [0.4, 0.5) is 0 Å². The van der Waals surface area contributed by atoms with E-state index in [9.17, 15) is 0 Å². The molecule has 1 saturated carbocycles. The highest BCUT2D eigenvalue weighted by atomic mass is 14.6. The van der Waals surface area contributed by atoms with Gasteiger partial charge < -0.3 is 5.73 Å². The predicted molar refractivity (Wildman–Crippen MR) is 44.7 cm³/mol. The SMILES string of the molecule is CC1CCC(CC(N)C#N)C1. The number of nitriles is 1. The minimum atomic E-state index is -0.231. The van der Waals surface area contributed by atoms with E-state index >= 15 is 0 Å². The molecule has 0 aromatic heterocycles. The number of nitrogens with zero attached hydrogens (tertiary/aromatic N) is 1. The van der Waals surface area contributed by atoms with Gasteiger partial charge in [-0.2, -0.15) is 5.26 Å². The van der Waals surface area contributed by atoms with Gasteiger partial charge in [-0.05, 0) is 24.7 Å². The summed E-state index contributed by atoms with van der Waals surface area (Å²) >= 11 is 0. The smallest absolute Gasteiger partial charge is 0.0930 e. The van der Waals surface area contributed by atoms with E-state index in [0.717, 1.165) is 18.3 Å². The van der Waals surface area contributed by atoms with Crippen molar-refractivity contribution in [3.05, 3.63) is 0 Å². The highest BCUT2D eigenvalue weighted by Gasteiger charge is 2.22. The molecule has 2 nitrogen and oxygen atoms in total. The van der Waals surface area contributed by atoms with Crippen molar-refractivity contribution < 1.29 is 0 Å². The second-order valence-electron chi connectivity index (χ2n) is 3.76. The molecule has 11 heavy (non-hydrogen) atoms. The molecule has 0 bridgehead atoms. The summed E-state index contributed by atoms with van der Waals surface area (Å²) in [5.41, 5.74) is 5.54. The standard InChI is InChI=1S/C9H16N2/c1-7-2-3-8(4-7)5-9(11)6-10/h7-9H,2-5,11H2,1H3. The van der Waals surface area contributed by atoms with Crippen molar-refractivity contribution in [1.29, 1.82) is 5.26 Å². The summed E-state index contributed by atoms with van der Waals surface area (Å²) in [4.78, 5) is 0. The molecule has 2 heteroatoms. The van der Waals surface area contributed by atoms with Crippen molar-refractivity contribution in [2.24, 2.45) is 17.6 Å². The minimum absolute atomic E-state index is 0.231. The number of hydrogen-bond donors (Lipinski definition) is 1. The maximum Gasteiger partial charge on any atom is 0.0930 e. The molecule has 0 radical (unpaired) electrons. The van der Waals surface area contributed by atoms with Gasteiger partial charge >= 0.3 is 0 Å². The Morgan fingerprint density at radius 1 is 1.64 bits per heavy atom. The fraction of sp³-hybridized carbons (Fsp3) is 0.889. The average Bonchev–Trinajstić information content (AvgIpc) is 2.35. The Hall–Kier alpha value is -0.550. The number of hydrogen-bond acceptors (Lipinski definition) is 2. The van der Waals surface area contributed by atoms with E-state index in [1.807, 2.05) is 0 Å². The van der Waals surface area contributed by atoms with Crippen LogP contribution in [0.3, 0.4) is 0 Å². The third kappa shape index (κ3) is 2.51. The average molecular weight is 152 g/mol. The van der Waals surface area contributed by atoms with Crippen molar-refractivity contribution in [3.8, 4) is 6.07 Å². The second kappa shape index (κ2) is 3.73. The van der Waals surface area contributed by atoms with E-state index in [2.05, 4.69) is 13.0 Å². The summed E-state index contributed by atoms with van der Waals surface area (Å²) < 4.78 is 0. The fourth-order valence-electron chi connectivity index (χ4n) is 1.95. The molecule has 1 rings (SSSR count). The largest absolute Gasteiger partial charge is 0.316 e. The molecule has 1 aliphatic rings. The van der Waals surface area contributed by atoms with Gasteiger partial charge in [0, 0.05) is 0 Å². The molecule has 0 aliphatic heterocycles. The topological polar surface area (TPSA) is 49.8 Å². The molecule has 0 amide bonds. The number of rotatable bonds is 2. The molecule has 62 valence electrons. The van der Waals surface area contributed by atoms with Crippen molar-refractivity contribution in [2.45, 2.75) is 38.6 Å². The predicted octanol–water partition coefficient (Wildman–Crippen LogP) is 1.66. The van der Waals surface area contributed by atoms with Gasteiger partial charge in [-0.3, -0.25) is 0 Å². The Bertz CT molecular complexity index is 159. The summed E-state index contributed by atoms with van der Waals surface area (Å²) in [6.07, 6.45) is 4.77. The third-order valence-electron chi connectivity index (χ3n) is 2.56. The highest BCUT2D eigenvalue weighted by Crippen LogP contribution is 2.32. The van der Waals surface area contributed by atoms with Crippen LogP contribution in [0, 0.1) is 23.2 Å². The van der Waals surface area contributed by atoms with E-state index in [-0.39, 0.29) is 6.04 Å². The molecule has 3 atom stereocenters. The van der Waals surface area contributed by atoms with Crippen LogP contribution in [0.2, 0.25) is 0 Å². The molecular weight excluding hydrogens is 136 g/mol. The summed E-state index contributed by atoms with van der Waals surface area (Å²) in [7, 11) is 0. The Balaban J connectivity index is 2.24. The zero-order valence-corrected chi connectivity index (χ0v) is 7.09. The quantitative estimate of drug-likeness (QED) is 0.654. The van der Waals surface area contributed by atoms with Crippen LogP contribution in [0.1, 0.15) is 32.6 Å². The zero-order chi connectivity index (χ0) is 8.27. The van der Waals surface area contributed by atoms with E-state index in [1.165, 1.54) is 19.3 Å². The lowest BCUT2D eigenvalue weighted by atomic mass is 9.98. The molecule has 2 N–H and O–H groups in total. The van der Waals surface area contributed by atoms with E-state index in [4.69, 9.17) is 11.0 Å². The monoisotopic (exact) mass is 152 g/mol. The summed E-state index contributed by atoms with van der Waals surface area (Å²) in [5.74, 6) is 1.57. The lowest BCUT2D eigenvalue weighted by molar-refractivity contribution is 0.461. The normalized spacial score (nSPS) is 33.2. The lowest BCUT2D eigenvalue weighted by Crippen LogP contribution is -2.20. The minimum Gasteiger partial charge on any atom is -0.316 e. The molecule has 0 aromatic rings. The van der Waals surface area contributed by atoms with Gasteiger partial charge in [-0.25, -0.2) is 0 Å².